The van der Waals surface area contributed by atoms with Gasteiger partial charge in [-0.1, -0.05) is 223 Å². The van der Waals surface area contributed by atoms with E-state index < -0.39 is 0 Å². The highest BCUT2D eigenvalue weighted by molar-refractivity contribution is 5.94. The number of unbranched alkanes of at least 4 members (excludes halogenated alkanes) is 1. The minimum Gasteiger partial charge on any atom is -0.310 e. The Morgan fingerprint density at radius 1 is 0.280 bits per heavy atom. The van der Waals surface area contributed by atoms with Crippen molar-refractivity contribution in [3.8, 4) is 44.5 Å². The SMILES string of the molecule is CCCCC1(C)c2ccccc2-c2ccc(N(c3ccc4c(c3)C3(CCCC3)c3ccccc3C4)c3ccc4c(c3)C3(Cc5ccccc5C3)c3cc(N(c5ccc6c(c5)C5(CCCC5)c5ccccc5-6)c5ccc6c(c5)C5(CCCC5)c5ccccc5-6)ccc3-4)cc21. The molecule has 2 heteroatoms. The predicted octanol–water partition coefficient (Wildman–Crippen LogP) is 23.6. The number of nitrogens with zero attached hydrogens (tertiary/aromatic N) is 2. The molecule has 1 unspecified atom stereocenters. The van der Waals surface area contributed by atoms with Gasteiger partial charge in [0.25, 0.3) is 0 Å². The maximum absolute atomic E-state index is 2.69. The van der Waals surface area contributed by atoms with Crippen LogP contribution in [-0.2, 0) is 46.3 Å². The molecule has 20 rings (SSSR count). The van der Waals surface area contributed by atoms with E-state index in [2.05, 4.69) is 254 Å². The van der Waals surface area contributed by atoms with Crippen molar-refractivity contribution in [2.45, 2.75) is 156 Å². The summed E-state index contributed by atoms with van der Waals surface area (Å²) in [6.45, 7) is 4.89. The third-order valence-corrected chi connectivity index (χ3v) is 25.8. The number of rotatable bonds is 9. The van der Waals surface area contributed by atoms with Crippen LogP contribution in [0.1, 0.15) is 188 Å². The molecule has 0 radical (unpaired) electrons. The van der Waals surface area contributed by atoms with Crippen molar-refractivity contribution in [1.29, 1.82) is 0 Å². The summed E-state index contributed by atoms with van der Waals surface area (Å²) in [7, 11) is 0. The van der Waals surface area contributed by atoms with Crippen molar-refractivity contribution in [2.24, 2.45) is 0 Å². The Balaban J connectivity index is 0.779. The van der Waals surface area contributed by atoms with E-state index in [9.17, 15) is 0 Å². The van der Waals surface area contributed by atoms with Crippen molar-refractivity contribution in [3.63, 3.8) is 0 Å². The standard InChI is InChI=1S/C91H80N2/c1-3-4-43-87(2)78-28-12-8-24-69(78)72-38-33-64(52-82(72)87)92(63-32-31-60-50-59-21-7-11-27-77(59)88(81(60)51-63)44-15-16-45-88)67-36-41-75-76-42-37-68(56-86(76)91(85(75)55-67)57-61-22-5-6-23-62(61)58-91)93(65-34-39-73-70-25-9-13-29-79(70)89(83(73)53-65)46-17-18-47-89)66-35-40-74-71-26-10-14-30-80(71)90(84(74)54-66)48-19-20-49-90/h5-14,21-42,51-56H,3-4,15-20,43-50,57-58H2,1-2H3. The van der Waals surface area contributed by atoms with E-state index in [1.807, 2.05) is 0 Å². The number of anilines is 6. The van der Waals surface area contributed by atoms with Gasteiger partial charge < -0.3 is 9.80 Å². The summed E-state index contributed by atoms with van der Waals surface area (Å²) in [5.74, 6) is 0. The fourth-order valence-electron chi connectivity index (χ4n) is 21.7. The van der Waals surface area contributed by atoms with Crippen molar-refractivity contribution >= 4 is 34.1 Å². The first-order chi connectivity index (χ1) is 45.8. The van der Waals surface area contributed by atoms with Gasteiger partial charge in [0.15, 0.2) is 0 Å². The fraction of sp³-hybridized carbons (Fsp3) is 0.275. The van der Waals surface area contributed by atoms with Crippen LogP contribution >= 0.6 is 0 Å². The van der Waals surface area contributed by atoms with Gasteiger partial charge in [0.1, 0.15) is 0 Å². The molecule has 4 spiro atoms. The van der Waals surface area contributed by atoms with Crippen molar-refractivity contribution in [1.82, 2.24) is 0 Å². The van der Waals surface area contributed by atoms with Gasteiger partial charge in [0.2, 0.25) is 0 Å². The Labute approximate surface area is 550 Å². The molecule has 0 N–H and O–H groups in total. The second-order valence-electron chi connectivity index (χ2n) is 30.1. The summed E-state index contributed by atoms with van der Waals surface area (Å²) >= 11 is 0. The summed E-state index contributed by atoms with van der Waals surface area (Å²) in [6.07, 6.45) is 21.3. The fourth-order valence-corrected chi connectivity index (χ4v) is 21.7. The molecule has 0 saturated heterocycles. The van der Waals surface area contributed by atoms with E-state index in [1.54, 1.807) is 11.1 Å². The summed E-state index contributed by atoms with van der Waals surface area (Å²) in [6, 6.07) is 92.8. The second-order valence-corrected chi connectivity index (χ2v) is 30.1. The molecule has 0 aromatic heterocycles. The highest BCUT2D eigenvalue weighted by Crippen LogP contribution is 2.63. The predicted molar refractivity (Wildman–Crippen MR) is 385 cm³/mol. The zero-order valence-corrected chi connectivity index (χ0v) is 54.1. The molecule has 0 heterocycles. The molecule has 11 aromatic carbocycles. The van der Waals surface area contributed by atoms with E-state index in [4.69, 9.17) is 0 Å². The molecule has 9 aliphatic carbocycles. The zero-order chi connectivity index (χ0) is 61.4. The van der Waals surface area contributed by atoms with E-state index in [0.717, 1.165) is 25.7 Å². The Bertz CT molecular complexity index is 4820. The first-order valence-corrected chi connectivity index (χ1v) is 35.7. The highest BCUT2D eigenvalue weighted by atomic mass is 15.2. The third kappa shape index (κ3) is 7.47. The first-order valence-electron chi connectivity index (χ1n) is 35.7. The van der Waals surface area contributed by atoms with Crippen LogP contribution < -0.4 is 9.80 Å². The topological polar surface area (TPSA) is 6.48 Å². The quantitative estimate of drug-likeness (QED) is 0.142. The molecule has 3 fully saturated rings. The second kappa shape index (κ2) is 20.0. The maximum Gasteiger partial charge on any atom is 0.0465 e. The van der Waals surface area contributed by atoms with Gasteiger partial charge in [-0.15, -0.1) is 0 Å². The number of hydrogen-bond donors (Lipinski definition) is 0. The minimum absolute atomic E-state index is 0.0282. The largest absolute Gasteiger partial charge is 0.310 e. The van der Waals surface area contributed by atoms with Crippen LogP contribution in [0.5, 0.6) is 0 Å². The van der Waals surface area contributed by atoms with Crippen LogP contribution in [0, 0.1) is 0 Å². The molecule has 3 saturated carbocycles. The molecule has 454 valence electrons. The Morgan fingerprint density at radius 2 is 0.591 bits per heavy atom. The summed E-state index contributed by atoms with van der Waals surface area (Å²) in [4.78, 5) is 5.38. The van der Waals surface area contributed by atoms with Crippen LogP contribution in [0.4, 0.5) is 34.1 Å². The van der Waals surface area contributed by atoms with Gasteiger partial charge in [-0.2, -0.15) is 0 Å². The molecule has 11 aromatic rings. The van der Waals surface area contributed by atoms with Crippen LogP contribution in [0.15, 0.2) is 231 Å². The van der Waals surface area contributed by atoms with Gasteiger partial charge >= 0.3 is 0 Å². The monoisotopic (exact) mass is 1200 g/mol. The van der Waals surface area contributed by atoms with E-state index in [1.165, 1.54) is 235 Å². The third-order valence-electron chi connectivity index (χ3n) is 25.8. The van der Waals surface area contributed by atoms with Gasteiger partial charge in [0, 0.05) is 61.2 Å². The van der Waals surface area contributed by atoms with Crippen LogP contribution in [0.25, 0.3) is 44.5 Å². The smallest absolute Gasteiger partial charge is 0.0465 e. The average molecular weight is 1200 g/mol. The van der Waals surface area contributed by atoms with Crippen molar-refractivity contribution < 1.29 is 0 Å². The van der Waals surface area contributed by atoms with E-state index in [-0.39, 0.29) is 27.1 Å². The molecular formula is C91H80N2. The van der Waals surface area contributed by atoms with Crippen molar-refractivity contribution in [2.75, 3.05) is 9.80 Å². The number of hydrogen-bond acceptors (Lipinski definition) is 2. The summed E-state index contributed by atoms with van der Waals surface area (Å²) in [5, 5.41) is 0. The number of benzene rings is 11. The minimum atomic E-state index is -0.287. The van der Waals surface area contributed by atoms with Gasteiger partial charge in [-0.25, -0.2) is 0 Å². The summed E-state index contributed by atoms with van der Waals surface area (Å²) in [5.41, 5.74) is 39.6. The Kier molecular flexibility index (Phi) is 11.7. The number of fused-ring (bicyclic) bond motifs is 23. The molecular weight excluding hydrogens is 1120 g/mol. The molecule has 0 aliphatic heterocycles. The molecule has 2 nitrogen and oxygen atoms in total. The van der Waals surface area contributed by atoms with Crippen LogP contribution in [-0.4, -0.2) is 0 Å². The van der Waals surface area contributed by atoms with E-state index >= 15 is 0 Å². The Hall–Kier alpha value is -8.98. The maximum atomic E-state index is 2.69. The Morgan fingerprint density at radius 3 is 1.04 bits per heavy atom. The molecule has 93 heavy (non-hydrogen) atoms. The molecule has 0 amide bonds. The molecule has 9 aliphatic rings. The highest BCUT2D eigenvalue weighted by Gasteiger charge is 2.51. The lowest BCUT2D eigenvalue weighted by atomic mass is 9.65. The van der Waals surface area contributed by atoms with E-state index in [0.29, 0.717) is 0 Å². The lowest BCUT2D eigenvalue weighted by Gasteiger charge is -2.39. The normalized spacial score (nSPS) is 19.6. The van der Waals surface area contributed by atoms with Crippen molar-refractivity contribution in [3.05, 3.63) is 308 Å². The average Bonchev–Trinajstić information content (AvgIpc) is 1.67. The zero-order valence-electron chi connectivity index (χ0n) is 54.1. The van der Waals surface area contributed by atoms with Gasteiger partial charge in [0.05, 0.1) is 0 Å². The lowest BCUT2D eigenvalue weighted by Crippen LogP contribution is -2.31. The van der Waals surface area contributed by atoms with Gasteiger partial charge in [-0.05, 0) is 259 Å². The summed E-state index contributed by atoms with van der Waals surface area (Å²) < 4.78 is 0. The first kappa shape index (κ1) is 54.6. The van der Waals surface area contributed by atoms with Crippen LogP contribution in [0.2, 0.25) is 0 Å². The van der Waals surface area contributed by atoms with Crippen LogP contribution in [0.3, 0.4) is 0 Å². The lowest BCUT2D eigenvalue weighted by molar-refractivity contribution is 0.504. The molecule has 0 bridgehead atoms. The molecule has 1 atom stereocenters. The van der Waals surface area contributed by atoms with Gasteiger partial charge in [-0.3, -0.25) is 0 Å².